The molecule has 0 saturated heterocycles. The number of hydrogen-bond acceptors (Lipinski definition) is 2. The van der Waals surface area contributed by atoms with Gasteiger partial charge in [-0.1, -0.05) is 18.9 Å². The number of ketones is 1. The first-order valence-electron chi connectivity index (χ1n) is 6.39. The zero-order valence-corrected chi connectivity index (χ0v) is 11.5. The highest BCUT2D eigenvalue weighted by Gasteiger charge is 2.34. The van der Waals surface area contributed by atoms with Crippen molar-refractivity contribution in [1.82, 2.24) is 0 Å². The van der Waals surface area contributed by atoms with E-state index in [9.17, 15) is 22.4 Å². The Morgan fingerprint density at radius 2 is 1.90 bits per heavy atom. The second-order valence-electron chi connectivity index (χ2n) is 4.83. The van der Waals surface area contributed by atoms with E-state index in [1.165, 1.54) is 11.8 Å². The minimum atomic E-state index is -4.73. The van der Waals surface area contributed by atoms with E-state index in [0.29, 0.717) is 17.4 Å². The second kappa shape index (κ2) is 6.16. The van der Waals surface area contributed by atoms with Crippen LogP contribution in [0.2, 0.25) is 0 Å². The van der Waals surface area contributed by atoms with Crippen LogP contribution in [-0.4, -0.2) is 16.8 Å². The van der Waals surface area contributed by atoms with E-state index in [1.54, 1.807) is 0 Å². The molecule has 0 radical (unpaired) electrons. The standard InChI is InChI=1S/C14H14F4OS/c15-12-7-9(5-6-11(12)14(16,17)18)13(19)8-20-10-3-1-2-4-10/h5-7,10H,1-4,8H2. The van der Waals surface area contributed by atoms with Gasteiger partial charge < -0.3 is 0 Å². The molecule has 0 bridgehead atoms. The molecule has 1 aromatic carbocycles. The Bertz CT molecular complexity index is 492. The predicted octanol–water partition coefficient (Wildman–Crippen LogP) is 4.70. The van der Waals surface area contributed by atoms with E-state index >= 15 is 0 Å². The summed E-state index contributed by atoms with van der Waals surface area (Å²) in [5.41, 5.74) is -1.33. The normalized spacial score (nSPS) is 16.6. The lowest BCUT2D eigenvalue weighted by Crippen LogP contribution is -2.11. The van der Waals surface area contributed by atoms with E-state index in [2.05, 4.69) is 0 Å². The van der Waals surface area contributed by atoms with Crippen LogP contribution in [0.5, 0.6) is 0 Å². The smallest absolute Gasteiger partial charge is 0.293 e. The van der Waals surface area contributed by atoms with Crippen LogP contribution in [0.25, 0.3) is 0 Å². The average Bonchev–Trinajstić information content (AvgIpc) is 2.87. The van der Waals surface area contributed by atoms with Gasteiger partial charge in [0.25, 0.3) is 0 Å². The molecule has 0 spiro atoms. The molecule has 0 unspecified atom stereocenters. The molecule has 0 N–H and O–H groups in total. The second-order valence-corrected chi connectivity index (χ2v) is 6.12. The quantitative estimate of drug-likeness (QED) is 0.592. The van der Waals surface area contributed by atoms with Gasteiger partial charge in [-0.05, 0) is 25.0 Å². The van der Waals surface area contributed by atoms with Gasteiger partial charge in [0, 0.05) is 10.8 Å². The number of rotatable bonds is 4. The molecule has 1 aliphatic carbocycles. The molecule has 2 rings (SSSR count). The van der Waals surface area contributed by atoms with Gasteiger partial charge >= 0.3 is 6.18 Å². The first kappa shape index (κ1) is 15.4. The van der Waals surface area contributed by atoms with Gasteiger partial charge in [0.2, 0.25) is 0 Å². The molecule has 6 heteroatoms. The highest BCUT2D eigenvalue weighted by molar-refractivity contribution is 8.00. The van der Waals surface area contributed by atoms with Crippen molar-refractivity contribution in [1.29, 1.82) is 0 Å². The summed E-state index contributed by atoms with van der Waals surface area (Å²) in [6, 6.07) is 2.35. The molecular formula is C14H14F4OS. The van der Waals surface area contributed by atoms with Crippen LogP contribution in [0.15, 0.2) is 18.2 Å². The fourth-order valence-electron chi connectivity index (χ4n) is 2.25. The summed E-state index contributed by atoms with van der Waals surface area (Å²) in [4.78, 5) is 11.8. The molecule has 110 valence electrons. The Kier molecular flexibility index (Phi) is 4.73. The Hall–Kier alpha value is -1.04. The van der Waals surface area contributed by atoms with Gasteiger partial charge in [0.05, 0.1) is 11.3 Å². The van der Waals surface area contributed by atoms with Crippen molar-refractivity contribution < 1.29 is 22.4 Å². The number of Topliss-reactive ketones (excluding diaryl/α,β-unsaturated/α-hetero) is 1. The first-order chi connectivity index (χ1) is 9.38. The van der Waals surface area contributed by atoms with Crippen LogP contribution in [-0.2, 0) is 6.18 Å². The maximum atomic E-state index is 13.4. The topological polar surface area (TPSA) is 17.1 Å². The Balaban J connectivity index is 2.01. The van der Waals surface area contributed by atoms with Crippen molar-refractivity contribution in [2.75, 3.05) is 5.75 Å². The van der Waals surface area contributed by atoms with Crippen LogP contribution >= 0.6 is 11.8 Å². The average molecular weight is 306 g/mol. The molecule has 0 atom stereocenters. The lowest BCUT2D eigenvalue weighted by molar-refractivity contribution is -0.140. The van der Waals surface area contributed by atoms with Gasteiger partial charge in [-0.15, -0.1) is 0 Å². The Labute approximate surface area is 118 Å². The highest BCUT2D eigenvalue weighted by Crippen LogP contribution is 2.32. The summed E-state index contributed by atoms with van der Waals surface area (Å²) in [7, 11) is 0. The van der Waals surface area contributed by atoms with E-state index < -0.39 is 17.6 Å². The van der Waals surface area contributed by atoms with Crippen molar-refractivity contribution in [3.63, 3.8) is 0 Å². The van der Waals surface area contributed by atoms with Crippen LogP contribution in [0.3, 0.4) is 0 Å². The van der Waals surface area contributed by atoms with E-state index in [0.717, 1.165) is 31.7 Å². The van der Waals surface area contributed by atoms with Gasteiger partial charge in [0.1, 0.15) is 5.82 Å². The van der Waals surface area contributed by atoms with Gasteiger partial charge in [-0.3, -0.25) is 4.79 Å². The summed E-state index contributed by atoms with van der Waals surface area (Å²) in [6.07, 6.45) is -0.287. The fourth-order valence-corrected chi connectivity index (χ4v) is 3.47. The predicted molar refractivity (Wildman–Crippen MR) is 70.4 cm³/mol. The minimum absolute atomic E-state index is 0.000923. The summed E-state index contributed by atoms with van der Waals surface area (Å²) in [5, 5.41) is 0.443. The largest absolute Gasteiger partial charge is 0.419 e. The molecule has 0 heterocycles. The molecular weight excluding hydrogens is 292 g/mol. The molecule has 1 saturated carbocycles. The maximum Gasteiger partial charge on any atom is 0.419 e. The van der Waals surface area contributed by atoms with Crippen LogP contribution < -0.4 is 0 Å². The van der Waals surface area contributed by atoms with Gasteiger partial charge in [-0.2, -0.15) is 24.9 Å². The number of benzene rings is 1. The summed E-state index contributed by atoms with van der Waals surface area (Å²) < 4.78 is 50.6. The molecule has 0 amide bonds. The van der Waals surface area contributed by atoms with E-state index in [1.807, 2.05) is 0 Å². The summed E-state index contributed by atoms with van der Waals surface area (Å²) >= 11 is 1.51. The fraction of sp³-hybridized carbons (Fsp3) is 0.500. The van der Waals surface area contributed by atoms with Gasteiger partial charge in [0.15, 0.2) is 5.78 Å². The van der Waals surface area contributed by atoms with Crippen LogP contribution in [0.1, 0.15) is 41.6 Å². The monoisotopic (exact) mass is 306 g/mol. The Morgan fingerprint density at radius 3 is 2.45 bits per heavy atom. The van der Waals surface area contributed by atoms with E-state index in [4.69, 9.17) is 0 Å². The molecule has 1 aromatic rings. The lowest BCUT2D eigenvalue weighted by Gasteiger charge is -2.10. The molecule has 1 fully saturated rings. The zero-order valence-electron chi connectivity index (χ0n) is 10.7. The highest BCUT2D eigenvalue weighted by atomic mass is 32.2. The summed E-state index contributed by atoms with van der Waals surface area (Å²) in [5.74, 6) is -1.53. The molecule has 0 aromatic heterocycles. The lowest BCUT2D eigenvalue weighted by atomic mass is 10.1. The SMILES string of the molecule is O=C(CSC1CCCC1)c1ccc(C(F)(F)F)c(F)c1. The number of hydrogen-bond donors (Lipinski definition) is 0. The molecule has 0 aliphatic heterocycles. The molecule has 1 nitrogen and oxygen atoms in total. The van der Waals surface area contributed by atoms with Crippen molar-refractivity contribution in [2.24, 2.45) is 0 Å². The third kappa shape index (κ3) is 3.75. The Morgan fingerprint density at radius 1 is 1.25 bits per heavy atom. The third-order valence-electron chi connectivity index (χ3n) is 3.35. The molecule has 1 aliphatic rings. The minimum Gasteiger partial charge on any atom is -0.293 e. The number of carbonyl (C=O) groups is 1. The number of halogens is 4. The van der Waals surface area contributed by atoms with E-state index in [-0.39, 0.29) is 17.1 Å². The molecule has 20 heavy (non-hydrogen) atoms. The van der Waals surface area contributed by atoms with Gasteiger partial charge in [-0.25, -0.2) is 4.39 Å². The number of carbonyl (C=O) groups excluding carboxylic acids is 1. The van der Waals surface area contributed by atoms with Crippen molar-refractivity contribution in [3.8, 4) is 0 Å². The van der Waals surface area contributed by atoms with Crippen molar-refractivity contribution in [3.05, 3.63) is 35.1 Å². The number of alkyl halides is 3. The number of thioether (sulfide) groups is 1. The summed E-state index contributed by atoms with van der Waals surface area (Å²) in [6.45, 7) is 0. The first-order valence-corrected chi connectivity index (χ1v) is 7.44. The zero-order chi connectivity index (χ0) is 14.8. The van der Waals surface area contributed by atoms with Crippen molar-refractivity contribution in [2.45, 2.75) is 37.1 Å². The maximum absolute atomic E-state index is 13.4. The third-order valence-corrected chi connectivity index (χ3v) is 4.72. The van der Waals surface area contributed by atoms with Crippen LogP contribution in [0.4, 0.5) is 17.6 Å². The van der Waals surface area contributed by atoms with Crippen molar-refractivity contribution >= 4 is 17.5 Å². The van der Waals surface area contributed by atoms with Crippen LogP contribution in [0, 0.1) is 5.82 Å².